The average molecular weight is 294 g/mol. The van der Waals surface area contributed by atoms with Gasteiger partial charge in [0, 0.05) is 31.7 Å². The fourth-order valence-electron chi connectivity index (χ4n) is 3.69. The van der Waals surface area contributed by atoms with Crippen molar-refractivity contribution in [1.82, 2.24) is 9.21 Å². The van der Waals surface area contributed by atoms with Crippen LogP contribution in [-0.4, -0.2) is 49.1 Å². The van der Waals surface area contributed by atoms with Crippen molar-refractivity contribution in [1.29, 1.82) is 0 Å². The van der Waals surface area contributed by atoms with Crippen LogP contribution in [-0.2, 0) is 16.6 Å². The van der Waals surface area contributed by atoms with E-state index in [1.165, 1.54) is 17.4 Å². The molecule has 0 amide bonds. The predicted octanol–water partition coefficient (Wildman–Crippen LogP) is 1.60. The average Bonchev–Trinajstić information content (AvgIpc) is 2.91. The quantitative estimate of drug-likeness (QED) is 0.850. The SMILES string of the molecule is Cc1cccc(CN2CC[C@H]3[C@@H]2CCN3S(C)(=O)=O)c1. The summed E-state index contributed by atoms with van der Waals surface area (Å²) in [5.74, 6) is 0. The Hall–Kier alpha value is -0.910. The third-order valence-electron chi connectivity index (χ3n) is 4.53. The maximum Gasteiger partial charge on any atom is 0.211 e. The van der Waals surface area contributed by atoms with E-state index in [9.17, 15) is 8.42 Å². The second-order valence-electron chi connectivity index (χ2n) is 6.05. The normalized spacial score (nSPS) is 27.9. The Morgan fingerprint density at radius 2 is 1.95 bits per heavy atom. The minimum atomic E-state index is -3.05. The highest BCUT2D eigenvalue weighted by molar-refractivity contribution is 7.88. The molecule has 1 aromatic carbocycles. The van der Waals surface area contributed by atoms with Gasteiger partial charge in [0.1, 0.15) is 0 Å². The van der Waals surface area contributed by atoms with E-state index in [1.807, 2.05) is 0 Å². The van der Waals surface area contributed by atoms with Gasteiger partial charge in [-0.3, -0.25) is 4.90 Å². The van der Waals surface area contributed by atoms with Gasteiger partial charge >= 0.3 is 0 Å². The second kappa shape index (κ2) is 5.13. The molecule has 3 rings (SSSR count). The molecule has 0 aliphatic carbocycles. The van der Waals surface area contributed by atoms with Gasteiger partial charge in [-0.1, -0.05) is 29.8 Å². The Balaban J connectivity index is 1.73. The molecule has 0 N–H and O–H groups in total. The van der Waals surface area contributed by atoms with Crippen LogP contribution in [0.1, 0.15) is 24.0 Å². The van der Waals surface area contributed by atoms with Gasteiger partial charge in [0.25, 0.3) is 0 Å². The molecular weight excluding hydrogens is 272 g/mol. The van der Waals surface area contributed by atoms with Crippen molar-refractivity contribution in [2.24, 2.45) is 0 Å². The van der Waals surface area contributed by atoms with Crippen LogP contribution < -0.4 is 0 Å². The maximum atomic E-state index is 11.8. The molecule has 2 aliphatic rings. The number of hydrogen-bond donors (Lipinski definition) is 0. The lowest BCUT2D eigenvalue weighted by Gasteiger charge is -2.24. The second-order valence-corrected chi connectivity index (χ2v) is 7.98. The van der Waals surface area contributed by atoms with Gasteiger partial charge in [0.05, 0.1) is 6.26 Å². The fourth-order valence-corrected chi connectivity index (χ4v) is 4.86. The summed E-state index contributed by atoms with van der Waals surface area (Å²) < 4.78 is 25.3. The molecule has 0 unspecified atom stereocenters. The van der Waals surface area contributed by atoms with E-state index in [0.29, 0.717) is 12.6 Å². The first-order valence-electron chi connectivity index (χ1n) is 7.21. The van der Waals surface area contributed by atoms with Gasteiger partial charge in [-0.15, -0.1) is 0 Å². The third kappa shape index (κ3) is 2.62. The zero-order valence-corrected chi connectivity index (χ0v) is 12.9. The minimum Gasteiger partial charge on any atom is -0.294 e. The van der Waals surface area contributed by atoms with Crippen molar-refractivity contribution in [3.05, 3.63) is 35.4 Å². The molecule has 2 atom stereocenters. The summed E-state index contributed by atoms with van der Waals surface area (Å²) in [6.45, 7) is 4.71. The number of fused-ring (bicyclic) bond motifs is 1. The summed E-state index contributed by atoms with van der Waals surface area (Å²) in [5, 5.41) is 0. The van der Waals surface area contributed by atoms with Crippen LogP contribution in [0.5, 0.6) is 0 Å². The Kier molecular flexibility index (Phi) is 3.60. The summed E-state index contributed by atoms with van der Waals surface area (Å²) in [4.78, 5) is 2.45. The van der Waals surface area contributed by atoms with Crippen molar-refractivity contribution >= 4 is 10.0 Å². The van der Waals surface area contributed by atoms with Crippen LogP contribution in [0.4, 0.5) is 0 Å². The molecule has 2 heterocycles. The first-order valence-corrected chi connectivity index (χ1v) is 9.06. The minimum absolute atomic E-state index is 0.190. The van der Waals surface area contributed by atoms with E-state index in [2.05, 4.69) is 36.1 Å². The van der Waals surface area contributed by atoms with Crippen LogP contribution in [0.25, 0.3) is 0 Å². The van der Waals surface area contributed by atoms with Gasteiger partial charge in [-0.05, 0) is 25.3 Å². The summed E-state index contributed by atoms with van der Waals surface area (Å²) in [6.07, 6.45) is 3.26. The zero-order chi connectivity index (χ0) is 14.3. The van der Waals surface area contributed by atoms with Crippen LogP contribution in [0.3, 0.4) is 0 Å². The zero-order valence-electron chi connectivity index (χ0n) is 12.1. The monoisotopic (exact) mass is 294 g/mol. The van der Waals surface area contributed by atoms with Gasteiger partial charge in [-0.25, -0.2) is 8.42 Å². The van der Waals surface area contributed by atoms with Crippen LogP contribution in [0.2, 0.25) is 0 Å². The molecule has 0 bridgehead atoms. The number of sulfonamides is 1. The van der Waals surface area contributed by atoms with Gasteiger partial charge < -0.3 is 0 Å². The van der Waals surface area contributed by atoms with Gasteiger partial charge in [0.2, 0.25) is 10.0 Å². The molecule has 0 saturated carbocycles. The van der Waals surface area contributed by atoms with Crippen molar-refractivity contribution in [2.75, 3.05) is 19.3 Å². The van der Waals surface area contributed by atoms with E-state index in [-0.39, 0.29) is 6.04 Å². The number of benzene rings is 1. The molecule has 2 saturated heterocycles. The van der Waals surface area contributed by atoms with Gasteiger partial charge in [0.15, 0.2) is 0 Å². The van der Waals surface area contributed by atoms with Gasteiger partial charge in [-0.2, -0.15) is 4.31 Å². The molecule has 4 nitrogen and oxygen atoms in total. The van der Waals surface area contributed by atoms with Crippen LogP contribution in [0.15, 0.2) is 24.3 Å². The van der Waals surface area contributed by atoms with Crippen molar-refractivity contribution < 1.29 is 8.42 Å². The van der Waals surface area contributed by atoms with Crippen LogP contribution in [0, 0.1) is 6.92 Å². The molecule has 2 fully saturated rings. The molecule has 5 heteroatoms. The fraction of sp³-hybridized carbons (Fsp3) is 0.600. The number of hydrogen-bond acceptors (Lipinski definition) is 3. The van der Waals surface area contributed by atoms with Crippen molar-refractivity contribution in [2.45, 2.75) is 38.4 Å². The summed E-state index contributed by atoms with van der Waals surface area (Å²) in [7, 11) is -3.05. The number of rotatable bonds is 3. The molecule has 0 radical (unpaired) electrons. The van der Waals surface area contributed by atoms with E-state index in [4.69, 9.17) is 0 Å². The number of likely N-dealkylation sites (tertiary alicyclic amines) is 1. The standard InChI is InChI=1S/C15H22N2O2S/c1-12-4-3-5-13(10-12)11-16-8-6-15-14(16)7-9-17(15)20(2,18)19/h3-5,10,14-15H,6-9,11H2,1-2H3/t14-,15-/m0/s1. The predicted molar refractivity (Wildman–Crippen MR) is 79.9 cm³/mol. The molecule has 0 spiro atoms. The van der Waals surface area contributed by atoms with E-state index in [1.54, 1.807) is 4.31 Å². The lowest BCUT2D eigenvalue weighted by atomic mass is 10.1. The first-order chi connectivity index (χ1) is 9.45. The summed E-state index contributed by atoms with van der Waals surface area (Å²) >= 11 is 0. The van der Waals surface area contributed by atoms with Crippen molar-refractivity contribution in [3.8, 4) is 0 Å². The Morgan fingerprint density at radius 3 is 2.65 bits per heavy atom. The molecule has 2 aliphatic heterocycles. The smallest absolute Gasteiger partial charge is 0.211 e. The van der Waals surface area contributed by atoms with E-state index < -0.39 is 10.0 Å². The Morgan fingerprint density at radius 1 is 1.20 bits per heavy atom. The molecule has 0 aromatic heterocycles. The topological polar surface area (TPSA) is 40.6 Å². The highest BCUT2D eigenvalue weighted by atomic mass is 32.2. The highest BCUT2D eigenvalue weighted by Gasteiger charge is 2.45. The highest BCUT2D eigenvalue weighted by Crippen LogP contribution is 2.34. The molecule has 20 heavy (non-hydrogen) atoms. The molecular formula is C15H22N2O2S. The number of aryl methyl sites for hydroxylation is 1. The van der Waals surface area contributed by atoms with Crippen LogP contribution >= 0.6 is 0 Å². The lowest BCUT2D eigenvalue weighted by Crippen LogP contribution is -2.38. The maximum absolute atomic E-state index is 11.8. The van der Waals surface area contributed by atoms with Crippen molar-refractivity contribution in [3.63, 3.8) is 0 Å². The lowest BCUT2D eigenvalue weighted by molar-refractivity contribution is 0.240. The van der Waals surface area contributed by atoms with E-state index >= 15 is 0 Å². The summed E-state index contributed by atoms with van der Waals surface area (Å²) in [5.41, 5.74) is 2.60. The molecule has 110 valence electrons. The Labute approximate surface area is 121 Å². The third-order valence-corrected chi connectivity index (χ3v) is 5.84. The number of nitrogens with zero attached hydrogens (tertiary/aromatic N) is 2. The largest absolute Gasteiger partial charge is 0.294 e. The Bertz CT molecular complexity index is 600. The summed E-state index contributed by atoms with van der Waals surface area (Å²) in [6, 6.07) is 9.16. The van der Waals surface area contributed by atoms with E-state index in [0.717, 1.165) is 25.9 Å². The molecule has 1 aromatic rings. The first kappa shape index (κ1) is 14.0.